The Hall–Kier alpha value is -0.640. The van der Waals surface area contributed by atoms with Crippen molar-refractivity contribution in [2.45, 2.75) is 18.9 Å². The molecule has 1 saturated heterocycles. The molecule has 1 fully saturated rings. The van der Waals surface area contributed by atoms with E-state index in [0.29, 0.717) is 26.1 Å². The molecule has 0 saturated carbocycles. The highest BCUT2D eigenvalue weighted by atomic mass is 32.2. The van der Waals surface area contributed by atoms with Gasteiger partial charge in [0.2, 0.25) is 0 Å². The van der Waals surface area contributed by atoms with Crippen LogP contribution in [-0.2, 0) is 9.84 Å². The minimum absolute atomic E-state index is 0.175. The van der Waals surface area contributed by atoms with Crippen molar-refractivity contribution in [2.24, 2.45) is 5.73 Å². The molecule has 5 nitrogen and oxygen atoms in total. The van der Waals surface area contributed by atoms with Crippen LogP contribution in [0.3, 0.4) is 0 Å². The molecule has 0 aromatic carbocycles. The van der Waals surface area contributed by atoms with Gasteiger partial charge in [0.15, 0.2) is 9.84 Å². The lowest BCUT2D eigenvalue weighted by molar-refractivity contribution is 0.258. The average Bonchev–Trinajstić information content (AvgIpc) is 2.28. The van der Waals surface area contributed by atoms with Crippen molar-refractivity contribution in [3.63, 3.8) is 0 Å². The molecular formula is C9H17N3O2S. The minimum atomic E-state index is -2.88. The maximum absolute atomic E-state index is 11.3. The molecule has 0 spiro atoms. The minimum Gasteiger partial charge on any atom is -0.313 e. The van der Waals surface area contributed by atoms with E-state index in [1.165, 1.54) is 0 Å². The molecule has 0 aromatic rings. The van der Waals surface area contributed by atoms with Gasteiger partial charge >= 0.3 is 0 Å². The van der Waals surface area contributed by atoms with Crippen LogP contribution < -0.4 is 5.73 Å². The average molecular weight is 231 g/mol. The molecule has 0 bridgehead atoms. The number of rotatable bonds is 2. The van der Waals surface area contributed by atoms with Gasteiger partial charge in [-0.1, -0.05) is 0 Å². The highest BCUT2D eigenvalue weighted by molar-refractivity contribution is 7.91. The number of nitrogens with two attached hydrogens (primary N) is 1. The van der Waals surface area contributed by atoms with Crippen LogP contribution in [0.4, 0.5) is 0 Å². The van der Waals surface area contributed by atoms with Crippen LogP contribution >= 0.6 is 0 Å². The normalized spacial score (nSPS) is 26.2. The molecule has 6 heteroatoms. The number of hydrogen-bond donors (Lipinski definition) is 1. The van der Waals surface area contributed by atoms with E-state index in [-0.39, 0.29) is 11.5 Å². The third-order valence-electron chi connectivity index (χ3n) is 2.46. The maximum Gasteiger partial charge on any atom is 0.151 e. The fraction of sp³-hybridized carbons (Fsp3) is 0.889. The Morgan fingerprint density at radius 2 is 2.13 bits per heavy atom. The van der Waals surface area contributed by atoms with Gasteiger partial charge in [0.1, 0.15) is 5.54 Å². The lowest BCUT2D eigenvalue weighted by atomic mass is 10.1. The Balaban J connectivity index is 2.57. The Morgan fingerprint density at radius 3 is 2.73 bits per heavy atom. The fourth-order valence-corrected chi connectivity index (χ4v) is 2.96. The smallest absolute Gasteiger partial charge is 0.151 e. The van der Waals surface area contributed by atoms with Gasteiger partial charge in [-0.3, -0.25) is 4.90 Å². The third kappa shape index (κ3) is 4.16. The Bertz CT molecular complexity index is 356. The monoisotopic (exact) mass is 231 g/mol. The molecule has 0 amide bonds. The zero-order valence-corrected chi connectivity index (χ0v) is 9.76. The molecule has 2 N–H and O–H groups in total. The van der Waals surface area contributed by atoms with Gasteiger partial charge in [0.05, 0.1) is 17.6 Å². The molecule has 1 rings (SSSR count). The first-order chi connectivity index (χ1) is 6.85. The molecule has 15 heavy (non-hydrogen) atoms. The topological polar surface area (TPSA) is 87.2 Å². The summed E-state index contributed by atoms with van der Waals surface area (Å²) in [6.45, 7) is 3.27. The van der Waals surface area contributed by atoms with Gasteiger partial charge in [-0.25, -0.2) is 8.42 Å². The molecule has 1 atom stereocenters. The summed E-state index contributed by atoms with van der Waals surface area (Å²) in [5.41, 5.74) is 4.82. The fourth-order valence-electron chi connectivity index (χ4n) is 1.65. The summed E-state index contributed by atoms with van der Waals surface area (Å²) in [7, 11) is -2.88. The number of nitriles is 1. The molecular weight excluding hydrogens is 214 g/mol. The first kappa shape index (κ1) is 12.4. The van der Waals surface area contributed by atoms with Crippen LogP contribution in [0.5, 0.6) is 0 Å². The zero-order valence-electron chi connectivity index (χ0n) is 8.94. The maximum atomic E-state index is 11.3. The first-order valence-electron chi connectivity index (χ1n) is 4.98. The number of sulfone groups is 1. The third-order valence-corrected chi connectivity index (χ3v) is 4.17. The summed E-state index contributed by atoms with van der Waals surface area (Å²) in [5, 5.41) is 8.78. The van der Waals surface area contributed by atoms with Crippen molar-refractivity contribution in [3.8, 4) is 6.07 Å². The van der Waals surface area contributed by atoms with E-state index >= 15 is 0 Å². The second-order valence-corrected chi connectivity index (χ2v) is 6.61. The lowest BCUT2D eigenvalue weighted by Crippen LogP contribution is -2.47. The quantitative estimate of drug-likeness (QED) is 0.682. The number of hydrogen-bond acceptors (Lipinski definition) is 5. The zero-order chi connectivity index (χ0) is 11.5. The van der Waals surface area contributed by atoms with E-state index in [0.717, 1.165) is 0 Å². The van der Waals surface area contributed by atoms with E-state index < -0.39 is 15.4 Å². The van der Waals surface area contributed by atoms with Gasteiger partial charge in [0.25, 0.3) is 0 Å². The molecule has 1 aliphatic heterocycles. The van der Waals surface area contributed by atoms with Crippen molar-refractivity contribution in [1.29, 1.82) is 5.26 Å². The van der Waals surface area contributed by atoms with E-state index in [2.05, 4.69) is 0 Å². The van der Waals surface area contributed by atoms with Gasteiger partial charge in [-0.05, 0) is 19.9 Å². The second kappa shape index (κ2) is 4.47. The van der Waals surface area contributed by atoms with Crippen LogP contribution in [0.25, 0.3) is 0 Å². The summed E-state index contributed by atoms with van der Waals surface area (Å²) in [4.78, 5) is 1.95. The highest BCUT2D eigenvalue weighted by Crippen LogP contribution is 2.08. The molecule has 0 aromatic heterocycles. The predicted octanol–water partition coefficient (Wildman–Crippen LogP) is -0.652. The van der Waals surface area contributed by atoms with Crippen molar-refractivity contribution in [1.82, 2.24) is 4.90 Å². The number of nitrogens with zero attached hydrogens (tertiary/aromatic N) is 2. The van der Waals surface area contributed by atoms with Gasteiger partial charge in [0, 0.05) is 13.1 Å². The molecule has 1 aliphatic rings. The second-order valence-electron chi connectivity index (χ2n) is 4.31. The molecule has 86 valence electrons. The summed E-state index contributed by atoms with van der Waals surface area (Å²) < 4.78 is 22.7. The van der Waals surface area contributed by atoms with Crippen LogP contribution in [0.15, 0.2) is 0 Å². The van der Waals surface area contributed by atoms with Gasteiger partial charge in [-0.2, -0.15) is 5.26 Å². The van der Waals surface area contributed by atoms with E-state index in [9.17, 15) is 8.42 Å². The Labute approximate surface area is 90.8 Å². The summed E-state index contributed by atoms with van der Waals surface area (Å²) in [6, 6.07) is 2.02. The first-order valence-corrected chi connectivity index (χ1v) is 6.80. The van der Waals surface area contributed by atoms with E-state index in [1.54, 1.807) is 6.92 Å². The van der Waals surface area contributed by atoms with Crippen LogP contribution in [0.1, 0.15) is 13.3 Å². The highest BCUT2D eigenvalue weighted by Gasteiger charge is 2.25. The molecule has 0 aliphatic carbocycles. The van der Waals surface area contributed by atoms with Crippen molar-refractivity contribution in [2.75, 3.05) is 31.1 Å². The molecule has 0 radical (unpaired) electrons. The lowest BCUT2D eigenvalue weighted by Gasteiger charge is -2.25. The summed E-state index contributed by atoms with van der Waals surface area (Å²) in [5.74, 6) is 0.422. The molecule has 1 unspecified atom stereocenters. The van der Waals surface area contributed by atoms with E-state index in [1.807, 2.05) is 11.0 Å². The largest absolute Gasteiger partial charge is 0.313 e. The van der Waals surface area contributed by atoms with Gasteiger partial charge < -0.3 is 5.73 Å². The van der Waals surface area contributed by atoms with Crippen LogP contribution in [-0.4, -0.2) is 50.0 Å². The van der Waals surface area contributed by atoms with Crippen molar-refractivity contribution < 1.29 is 8.42 Å². The summed E-state index contributed by atoms with van der Waals surface area (Å²) in [6.07, 6.45) is 0.629. The Morgan fingerprint density at radius 1 is 1.47 bits per heavy atom. The van der Waals surface area contributed by atoms with Crippen molar-refractivity contribution >= 4 is 9.84 Å². The predicted molar refractivity (Wildman–Crippen MR) is 57.9 cm³/mol. The Kier molecular flexibility index (Phi) is 3.71. The van der Waals surface area contributed by atoms with Crippen LogP contribution in [0.2, 0.25) is 0 Å². The van der Waals surface area contributed by atoms with Gasteiger partial charge in [-0.15, -0.1) is 0 Å². The molecule has 1 heterocycles. The standard InChI is InChI=1S/C9H17N3O2S/c1-9(11,7-10)8-12-3-2-5-15(13,14)6-4-12/h2-6,8,11H2,1H3. The van der Waals surface area contributed by atoms with E-state index in [4.69, 9.17) is 11.0 Å². The van der Waals surface area contributed by atoms with Crippen LogP contribution in [0, 0.1) is 11.3 Å². The summed E-state index contributed by atoms with van der Waals surface area (Å²) >= 11 is 0. The van der Waals surface area contributed by atoms with Crippen molar-refractivity contribution in [3.05, 3.63) is 0 Å². The SMILES string of the molecule is CC(N)(C#N)CN1CCCS(=O)(=O)CC1.